The predicted molar refractivity (Wildman–Crippen MR) is 98.7 cm³/mol. The molecule has 0 aliphatic carbocycles. The van der Waals surface area contributed by atoms with E-state index in [-0.39, 0.29) is 6.54 Å². The van der Waals surface area contributed by atoms with Crippen molar-refractivity contribution in [1.29, 1.82) is 0 Å². The maximum Gasteiger partial charge on any atom is 0.416 e. The van der Waals surface area contributed by atoms with E-state index in [0.29, 0.717) is 42.7 Å². The highest BCUT2D eigenvalue weighted by molar-refractivity contribution is 7.95. The van der Waals surface area contributed by atoms with Crippen molar-refractivity contribution in [2.45, 2.75) is 30.0 Å². The Labute approximate surface area is 165 Å². The van der Waals surface area contributed by atoms with E-state index in [2.05, 4.69) is 14.7 Å². The van der Waals surface area contributed by atoms with Crippen LogP contribution >= 0.6 is 0 Å². The van der Waals surface area contributed by atoms with Gasteiger partial charge in [-0.15, -0.1) is 4.72 Å². The zero-order valence-electron chi connectivity index (χ0n) is 15.1. The Kier molecular flexibility index (Phi) is 5.05. The molecule has 2 unspecified atom stereocenters. The van der Waals surface area contributed by atoms with Crippen molar-refractivity contribution in [2.24, 2.45) is 0 Å². The van der Waals surface area contributed by atoms with Gasteiger partial charge in [-0.2, -0.15) is 18.2 Å². The molecular formula is C18H17F3N4O3S. The van der Waals surface area contributed by atoms with Crippen molar-refractivity contribution >= 4 is 27.6 Å². The van der Waals surface area contributed by atoms with E-state index in [0.717, 1.165) is 18.2 Å². The fourth-order valence-corrected chi connectivity index (χ4v) is 4.57. The summed E-state index contributed by atoms with van der Waals surface area (Å²) in [6, 6.07) is 6.99. The van der Waals surface area contributed by atoms with Crippen LogP contribution in [0.25, 0.3) is 11.2 Å². The number of pyridine rings is 1. The number of nitrogens with one attached hydrogen (secondary N) is 1. The van der Waals surface area contributed by atoms with Crippen LogP contribution in [0.4, 0.5) is 19.2 Å². The van der Waals surface area contributed by atoms with Crippen LogP contribution in [0.2, 0.25) is 0 Å². The molecule has 154 valence electrons. The number of rotatable bonds is 4. The molecule has 1 N–H and O–H groups in total. The van der Waals surface area contributed by atoms with Crippen molar-refractivity contribution in [3.63, 3.8) is 0 Å². The van der Waals surface area contributed by atoms with Crippen LogP contribution in [0, 0.1) is 0 Å². The summed E-state index contributed by atoms with van der Waals surface area (Å²) in [7, 11) is -4.11. The minimum Gasteiger partial charge on any atom is -0.593 e. The second-order valence-corrected chi connectivity index (χ2v) is 8.47. The minimum absolute atomic E-state index is 0.283. The monoisotopic (exact) mass is 426 g/mol. The minimum atomic E-state index is -4.62. The molecule has 0 radical (unpaired) electrons. The number of fused-ring (bicyclic) bond motifs is 1. The van der Waals surface area contributed by atoms with Crippen molar-refractivity contribution in [1.82, 2.24) is 14.7 Å². The van der Waals surface area contributed by atoms with Gasteiger partial charge in [-0.1, -0.05) is 10.3 Å². The molecule has 1 aromatic carbocycles. The van der Waals surface area contributed by atoms with Crippen LogP contribution in [0.3, 0.4) is 0 Å². The van der Waals surface area contributed by atoms with Crippen LogP contribution in [-0.2, 0) is 20.8 Å². The lowest BCUT2D eigenvalue weighted by atomic mass is 10.1. The molecule has 7 nitrogen and oxygen atoms in total. The molecule has 1 fully saturated rings. The average Bonchev–Trinajstić information content (AvgIpc) is 3.12. The summed E-state index contributed by atoms with van der Waals surface area (Å²) in [6.45, 7) is 0.902. The number of halogens is 3. The third-order valence-corrected chi connectivity index (χ3v) is 6.16. The molecule has 0 saturated carbocycles. The number of aromatic nitrogens is 2. The maximum absolute atomic E-state index is 12.9. The third-order valence-electron chi connectivity index (χ3n) is 4.64. The fourth-order valence-electron chi connectivity index (χ4n) is 3.27. The smallest absolute Gasteiger partial charge is 0.416 e. The van der Waals surface area contributed by atoms with Gasteiger partial charge in [0, 0.05) is 25.4 Å². The molecule has 29 heavy (non-hydrogen) atoms. The van der Waals surface area contributed by atoms with E-state index in [4.69, 9.17) is 4.42 Å². The fraction of sp³-hybridized carbons (Fsp3) is 0.333. The molecule has 1 aliphatic rings. The topological polar surface area (TPSA) is 94.3 Å². The van der Waals surface area contributed by atoms with Crippen molar-refractivity contribution in [2.75, 3.05) is 18.0 Å². The summed E-state index contributed by atoms with van der Waals surface area (Å²) in [4.78, 5) is 9.79. The molecule has 2 aromatic heterocycles. The Morgan fingerprint density at radius 3 is 2.86 bits per heavy atom. The van der Waals surface area contributed by atoms with Gasteiger partial charge in [-0.25, -0.2) is 4.98 Å². The number of sulfonamides is 1. The summed E-state index contributed by atoms with van der Waals surface area (Å²) in [6.07, 6.45) is -1.81. The Morgan fingerprint density at radius 2 is 2.10 bits per heavy atom. The van der Waals surface area contributed by atoms with Gasteiger partial charge in [0.15, 0.2) is 20.9 Å². The Bertz CT molecular complexity index is 1040. The molecule has 4 rings (SSSR count). The zero-order chi connectivity index (χ0) is 20.6. The molecule has 2 atom stereocenters. The Balaban J connectivity index is 1.50. The lowest BCUT2D eigenvalue weighted by Gasteiger charge is -2.32. The van der Waals surface area contributed by atoms with E-state index < -0.39 is 33.1 Å². The van der Waals surface area contributed by atoms with Crippen LogP contribution in [0.5, 0.6) is 0 Å². The molecular weight excluding hydrogens is 409 g/mol. The van der Waals surface area contributed by atoms with E-state index in [1.165, 1.54) is 0 Å². The summed E-state index contributed by atoms with van der Waals surface area (Å²) in [5.41, 5.74) is -0.0343. The first kappa shape index (κ1) is 19.8. The SMILES string of the molecule is O=[S+]([O-])(NC1CCCN(c2nc3ncccc3o2)C1)c1cccc(C(F)(F)F)c1. The molecule has 0 amide bonds. The molecule has 0 spiro atoms. The van der Waals surface area contributed by atoms with Gasteiger partial charge in [-0.05, 0) is 37.1 Å². The number of alkyl halides is 3. The quantitative estimate of drug-likeness (QED) is 0.643. The van der Waals surface area contributed by atoms with Crippen molar-refractivity contribution in [3.8, 4) is 0 Å². The summed E-state index contributed by atoms with van der Waals surface area (Å²) < 4.78 is 72.1. The van der Waals surface area contributed by atoms with Gasteiger partial charge in [0.25, 0.3) is 6.01 Å². The van der Waals surface area contributed by atoms with E-state index in [1.54, 1.807) is 23.2 Å². The van der Waals surface area contributed by atoms with Gasteiger partial charge in [0.1, 0.15) is 0 Å². The first-order valence-corrected chi connectivity index (χ1v) is 10.4. The lowest BCUT2D eigenvalue weighted by Crippen LogP contribution is -2.49. The molecule has 1 saturated heterocycles. The molecule has 3 aromatic rings. The number of piperidine rings is 1. The normalized spacial score (nSPS) is 20.0. The lowest BCUT2D eigenvalue weighted by molar-refractivity contribution is -0.137. The molecule has 1 aliphatic heterocycles. The van der Waals surface area contributed by atoms with E-state index in [1.807, 2.05) is 0 Å². The first-order chi connectivity index (χ1) is 13.7. The summed E-state index contributed by atoms with van der Waals surface area (Å²) in [5, 5.41) is 0. The van der Waals surface area contributed by atoms with Gasteiger partial charge < -0.3 is 13.9 Å². The number of oxazole rings is 1. The largest absolute Gasteiger partial charge is 0.593 e. The highest BCUT2D eigenvalue weighted by Crippen LogP contribution is 2.31. The predicted octanol–water partition coefficient (Wildman–Crippen LogP) is 3.40. The second kappa shape index (κ2) is 7.39. The van der Waals surface area contributed by atoms with Crippen LogP contribution in [0.15, 0.2) is 51.9 Å². The highest BCUT2D eigenvalue weighted by atomic mass is 32.3. The van der Waals surface area contributed by atoms with E-state index in [9.17, 15) is 21.9 Å². The molecule has 0 bridgehead atoms. The third kappa shape index (κ3) is 4.26. The van der Waals surface area contributed by atoms with Crippen molar-refractivity contribution < 1.29 is 26.4 Å². The zero-order valence-corrected chi connectivity index (χ0v) is 15.9. The van der Waals surface area contributed by atoms with Crippen LogP contribution in [0.1, 0.15) is 18.4 Å². The maximum atomic E-state index is 12.9. The van der Waals surface area contributed by atoms with Crippen molar-refractivity contribution in [3.05, 3.63) is 48.2 Å². The average molecular weight is 426 g/mol. The van der Waals surface area contributed by atoms with E-state index >= 15 is 0 Å². The van der Waals surface area contributed by atoms with Gasteiger partial charge in [0.05, 0.1) is 11.6 Å². The molecule has 11 heteroatoms. The second-order valence-electron chi connectivity index (χ2n) is 6.75. The Morgan fingerprint density at radius 1 is 1.28 bits per heavy atom. The van der Waals surface area contributed by atoms with Gasteiger partial charge >= 0.3 is 6.18 Å². The Hall–Kier alpha value is -2.50. The van der Waals surface area contributed by atoms with Gasteiger partial charge in [-0.3, -0.25) is 0 Å². The number of benzene rings is 1. The first-order valence-electron chi connectivity index (χ1n) is 8.88. The number of hydrogen-bond acceptors (Lipinski definition) is 6. The van der Waals surface area contributed by atoms with Crippen LogP contribution in [-0.4, -0.2) is 33.7 Å². The number of anilines is 1. The highest BCUT2D eigenvalue weighted by Gasteiger charge is 2.35. The standard InChI is InChI=1S/C18H17F3N4O3S/c19-18(20,21)12-4-1-6-14(10-12)29(26,27)24-13-5-3-9-25(11-13)17-23-16-15(28-17)7-2-8-22-16/h1-2,4,6-8,10,13H,3,5,9,11H2,(H-,24,26,27). The number of nitrogens with zero attached hydrogens (tertiary/aromatic N) is 3. The van der Waals surface area contributed by atoms with Crippen LogP contribution < -0.4 is 9.62 Å². The summed E-state index contributed by atoms with van der Waals surface area (Å²) in [5.74, 6) is 0. The molecule has 3 heterocycles. The summed E-state index contributed by atoms with van der Waals surface area (Å²) >= 11 is 0. The number of hydrogen-bond donors (Lipinski definition) is 1. The van der Waals surface area contributed by atoms with Gasteiger partial charge in [0.2, 0.25) is 5.65 Å².